The molecule has 0 saturated heterocycles. The molecule has 49 heavy (non-hydrogen) atoms. The van der Waals surface area contributed by atoms with Crippen molar-refractivity contribution in [2.24, 2.45) is 0 Å². The summed E-state index contributed by atoms with van der Waals surface area (Å²) in [5, 5.41) is -5.62. The van der Waals surface area contributed by atoms with E-state index in [1.165, 1.54) is 0 Å². The second-order valence-corrected chi connectivity index (χ2v) is 10.5. The van der Waals surface area contributed by atoms with Gasteiger partial charge in [0.1, 0.15) is 11.2 Å². The van der Waals surface area contributed by atoms with Crippen molar-refractivity contribution in [1.82, 2.24) is 0 Å². The van der Waals surface area contributed by atoms with Crippen LogP contribution in [0.3, 0.4) is 0 Å². The van der Waals surface area contributed by atoms with Crippen molar-refractivity contribution in [3.8, 4) is 44.5 Å². The van der Waals surface area contributed by atoms with E-state index in [0.29, 0.717) is 0 Å². The van der Waals surface area contributed by atoms with Gasteiger partial charge >= 0.3 is 0 Å². The highest BCUT2D eigenvalue weighted by atomic mass is 16.3. The molecule has 0 aliphatic rings. The maximum absolute atomic E-state index is 9.81. The molecule has 1 aromatic heterocycles. The zero-order valence-electron chi connectivity index (χ0n) is 54.4. The molecule has 10 aromatic rings. The summed E-state index contributed by atoms with van der Waals surface area (Å²) in [7, 11) is 0. The molecule has 0 unspecified atom stereocenters. The van der Waals surface area contributed by atoms with Gasteiger partial charge in [-0.25, -0.2) is 0 Å². The molecule has 0 amide bonds. The lowest BCUT2D eigenvalue weighted by Gasteiger charge is -2.18. The molecular weight excluding hydrogens is 593 g/mol. The van der Waals surface area contributed by atoms with Gasteiger partial charge < -0.3 is 4.42 Å². The van der Waals surface area contributed by atoms with E-state index in [2.05, 4.69) is 0 Å². The van der Waals surface area contributed by atoms with E-state index in [1.54, 1.807) is 0 Å². The SMILES string of the molecule is [2H]c1c([2H])c([2H])c(-c2c([2H])c([2H])c([2H])c3c2oc2c([2H])c([2H])c([2H])c(-c4c([2H])c([2H])c5c([2H])c(-c6c7c([2H])c([2H])c([2H])c([2H])c7c(-c7c([2H])c([2H])c([2H])c([2H])c7[2H])c7c([2H])c([2H])c([2H])c([2H])c67)c([2H])c([2H])c5c4[2H])c23)c([2H])c1[2H]. The fourth-order valence-corrected chi connectivity index (χ4v) is 5.84. The third kappa shape index (κ3) is 4.40. The number of hydrogen-bond donors (Lipinski definition) is 0. The van der Waals surface area contributed by atoms with Crippen LogP contribution in [0.2, 0.25) is 0 Å². The highest BCUT2D eigenvalue weighted by Crippen LogP contribution is 2.45. The molecule has 1 nitrogen and oxygen atoms in total. The van der Waals surface area contributed by atoms with E-state index in [-0.39, 0.29) is 0 Å². The highest BCUT2D eigenvalue weighted by Gasteiger charge is 2.18. The fourth-order valence-electron chi connectivity index (χ4n) is 5.84. The first-order chi connectivity index (χ1) is 36.8. The Bertz CT molecular complexity index is 4460. The van der Waals surface area contributed by atoms with E-state index in [9.17, 15) is 15.1 Å². The molecule has 1 heterocycles. The van der Waals surface area contributed by atoms with Crippen molar-refractivity contribution in [1.29, 1.82) is 0 Å². The lowest BCUT2D eigenvalue weighted by atomic mass is 9.85. The summed E-state index contributed by atoms with van der Waals surface area (Å²) in [6, 6.07) is -28.6. The van der Waals surface area contributed by atoms with E-state index >= 15 is 0 Å². The lowest BCUT2D eigenvalue weighted by molar-refractivity contribution is 0.670. The summed E-state index contributed by atoms with van der Waals surface area (Å²) in [5.41, 5.74) is -7.24. The minimum Gasteiger partial charge on any atom is -0.455 e. The summed E-state index contributed by atoms with van der Waals surface area (Å²) in [4.78, 5) is 0. The Morgan fingerprint density at radius 2 is 0.837 bits per heavy atom. The van der Waals surface area contributed by atoms with Crippen LogP contribution in [-0.4, -0.2) is 0 Å². The number of benzene rings is 9. The third-order valence-corrected chi connectivity index (χ3v) is 7.87. The fraction of sp³-hybridized carbons (Fsp3) is 0. The van der Waals surface area contributed by atoms with E-state index in [1.807, 2.05) is 0 Å². The largest absolute Gasteiger partial charge is 0.455 e. The smallest absolute Gasteiger partial charge is 0.143 e. The van der Waals surface area contributed by atoms with Crippen molar-refractivity contribution in [3.05, 3.63) is 181 Å². The van der Waals surface area contributed by atoms with Gasteiger partial charge in [-0.3, -0.25) is 0 Å². The Morgan fingerprint density at radius 1 is 0.347 bits per heavy atom. The summed E-state index contributed by atoms with van der Waals surface area (Å²) < 4.78 is 275. The second kappa shape index (κ2) is 11.1. The normalized spacial score (nSPS) is 20.2. The monoisotopic (exact) mass is 652 g/mol. The average molecular weight is 653 g/mol. The van der Waals surface area contributed by atoms with Crippen LogP contribution < -0.4 is 0 Å². The number of rotatable bonds is 4. The van der Waals surface area contributed by atoms with Crippen LogP contribution in [0.25, 0.3) is 98.8 Å². The van der Waals surface area contributed by atoms with Crippen LogP contribution in [0.5, 0.6) is 0 Å². The first-order valence-corrected chi connectivity index (χ1v) is 14.4. The summed E-state index contributed by atoms with van der Waals surface area (Å²) in [5.74, 6) is 0. The first kappa shape index (κ1) is 11.1. The third-order valence-electron chi connectivity index (χ3n) is 7.87. The first-order valence-electron chi connectivity index (χ1n) is 29.4. The van der Waals surface area contributed by atoms with Gasteiger partial charge in [-0.2, -0.15) is 0 Å². The van der Waals surface area contributed by atoms with Gasteiger partial charge in [-0.05, 0) is 89.4 Å². The molecule has 228 valence electrons. The molecule has 9 aromatic carbocycles. The maximum atomic E-state index is 9.81. The molecule has 0 atom stereocenters. The van der Waals surface area contributed by atoms with Crippen LogP contribution in [0, 0.1) is 0 Å². The average Bonchev–Trinajstić information content (AvgIpc) is 4.05. The maximum Gasteiger partial charge on any atom is 0.143 e. The molecule has 0 N–H and O–H groups in total. The highest BCUT2D eigenvalue weighted by molar-refractivity contribution is 6.22. The van der Waals surface area contributed by atoms with Crippen LogP contribution in [-0.2, 0) is 0 Å². The van der Waals surface area contributed by atoms with Crippen molar-refractivity contribution in [2.45, 2.75) is 0 Å². The van der Waals surface area contributed by atoms with Crippen LogP contribution in [0.1, 0.15) is 41.1 Å². The molecule has 0 aliphatic heterocycles. The minimum absolute atomic E-state index is 0.561. The van der Waals surface area contributed by atoms with Gasteiger partial charge in [0.05, 0.1) is 41.1 Å². The van der Waals surface area contributed by atoms with Crippen LogP contribution in [0.4, 0.5) is 0 Å². The summed E-state index contributed by atoms with van der Waals surface area (Å²) in [6.07, 6.45) is 0. The molecule has 10 rings (SSSR count). The van der Waals surface area contributed by atoms with Gasteiger partial charge in [0.25, 0.3) is 0 Å². The number of fused-ring (bicyclic) bond motifs is 6. The van der Waals surface area contributed by atoms with E-state index in [4.69, 9.17) is 30.5 Å². The molecule has 0 fully saturated rings. The van der Waals surface area contributed by atoms with Crippen LogP contribution in [0.15, 0.2) is 186 Å². The van der Waals surface area contributed by atoms with Crippen molar-refractivity contribution in [3.63, 3.8) is 0 Å². The molecule has 1 heteroatoms. The Balaban J connectivity index is 1.41. The summed E-state index contributed by atoms with van der Waals surface area (Å²) in [6.45, 7) is 0. The van der Waals surface area contributed by atoms with Gasteiger partial charge in [0.2, 0.25) is 0 Å². The Morgan fingerprint density at radius 3 is 1.49 bits per heavy atom. The Kier molecular flexibility index (Phi) is 2.50. The van der Waals surface area contributed by atoms with Crippen LogP contribution >= 0.6 is 0 Å². The van der Waals surface area contributed by atoms with Gasteiger partial charge in [-0.15, -0.1) is 0 Å². The zero-order chi connectivity index (χ0) is 58.4. The number of hydrogen-bond acceptors (Lipinski definition) is 1. The number of furan rings is 1. The van der Waals surface area contributed by atoms with E-state index < -0.39 is 280 Å². The quantitative estimate of drug-likeness (QED) is 0.172. The molecule has 0 radical (unpaired) electrons. The molecular formula is C48H30O. The van der Waals surface area contributed by atoms with E-state index in [0.717, 1.165) is 0 Å². The minimum atomic E-state index is -1.10. The predicted octanol–water partition coefficient (Wildman–Crippen LogP) is 13.7. The van der Waals surface area contributed by atoms with Crippen molar-refractivity contribution in [2.75, 3.05) is 0 Å². The van der Waals surface area contributed by atoms with Gasteiger partial charge in [-0.1, -0.05) is 163 Å². The van der Waals surface area contributed by atoms with Crippen molar-refractivity contribution < 1.29 is 45.5 Å². The van der Waals surface area contributed by atoms with Gasteiger partial charge in [0, 0.05) is 16.3 Å². The lowest BCUT2D eigenvalue weighted by Crippen LogP contribution is -1.90. The molecule has 0 saturated carbocycles. The van der Waals surface area contributed by atoms with Crippen molar-refractivity contribution >= 4 is 54.3 Å². The van der Waals surface area contributed by atoms with Gasteiger partial charge in [0.15, 0.2) is 0 Å². The zero-order valence-corrected chi connectivity index (χ0v) is 24.4. The molecule has 0 aliphatic carbocycles. The predicted molar refractivity (Wildman–Crippen MR) is 208 cm³/mol. The molecule has 0 spiro atoms. The Hall–Kier alpha value is -6.44. The number of para-hydroxylation sites is 1. The Labute approximate surface area is 326 Å². The molecule has 0 bridgehead atoms. The second-order valence-electron chi connectivity index (χ2n) is 10.5. The topological polar surface area (TPSA) is 13.1 Å². The summed E-state index contributed by atoms with van der Waals surface area (Å²) >= 11 is 0. The standard InChI is InChI=1S/C48H30O/c1-3-13-31(14-4-1)38-22-11-23-43-47-37(21-12-24-44(47)49-48(38)43)35-27-25-34-30-36(28-26-33(34)29-35)46-41-19-9-7-17-39(41)45(32-15-5-2-6-16-32)40-18-8-10-20-42(40)46/h1-30H/i1D,2D,3D,4D,5D,6D,7D,8D,9D,10D,11D,12D,13D,14D,15D,16D,17D,18D,19D,20D,21D,22D,23D,24D,25D,26D,27D,28D,29D,30D.